The van der Waals surface area contributed by atoms with Gasteiger partial charge in [-0.2, -0.15) is 0 Å². The Kier molecular flexibility index (Phi) is 4.50. The number of methoxy groups -OCH3 is 1. The molecule has 3 atom stereocenters. The molecule has 0 N–H and O–H groups in total. The van der Waals surface area contributed by atoms with Gasteiger partial charge < -0.3 is 4.74 Å². The third-order valence-corrected chi connectivity index (χ3v) is 6.90. The van der Waals surface area contributed by atoms with Crippen LogP contribution in [0.2, 0.25) is 0 Å². The second kappa shape index (κ2) is 6.22. The maximum atomic E-state index is 13.0. The highest BCUT2D eigenvalue weighted by Crippen LogP contribution is 2.62. The smallest absolute Gasteiger partial charge is 0.315 e. The van der Waals surface area contributed by atoms with Crippen molar-refractivity contribution in [2.75, 3.05) is 7.11 Å². The van der Waals surface area contributed by atoms with Crippen LogP contribution in [0.3, 0.4) is 0 Å². The summed E-state index contributed by atoms with van der Waals surface area (Å²) in [6.07, 6.45) is 6.71. The maximum Gasteiger partial charge on any atom is 0.315 e. The zero-order valence-electron chi connectivity index (χ0n) is 15.7. The Hall–Kier alpha value is -1.71. The van der Waals surface area contributed by atoms with Crippen molar-refractivity contribution in [3.05, 3.63) is 22.8 Å². The van der Waals surface area contributed by atoms with Crippen LogP contribution >= 0.6 is 0 Å². The van der Waals surface area contributed by atoms with Gasteiger partial charge in [0, 0.05) is 5.41 Å². The predicted octanol–water partition coefficient (Wildman–Crippen LogP) is 3.80. The van der Waals surface area contributed by atoms with Crippen LogP contribution in [-0.2, 0) is 19.1 Å². The van der Waals surface area contributed by atoms with Crippen LogP contribution in [0.1, 0.15) is 59.3 Å². The topological polar surface area (TPSA) is 60.4 Å². The molecule has 0 amide bonds. The van der Waals surface area contributed by atoms with E-state index in [-0.39, 0.29) is 17.7 Å². The number of allylic oxidation sites excluding steroid dienone is 3. The number of rotatable bonds is 3. The molecule has 0 aromatic heterocycles. The van der Waals surface area contributed by atoms with Crippen LogP contribution in [0.25, 0.3) is 0 Å². The molecule has 1 fully saturated rings. The molecule has 25 heavy (non-hydrogen) atoms. The van der Waals surface area contributed by atoms with Crippen molar-refractivity contribution in [1.29, 1.82) is 0 Å². The highest BCUT2D eigenvalue weighted by Gasteiger charge is 2.59. The van der Waals surface area contributed by atoms with Gasteiger partial charge in [0.25, 0.3) is 0 Å². The normalized spacial score (nSPS) is 35.0. The van der Waals surface area contributed by atoms with Crippen molar-refractivity contribution in [2.24, 2.45) is 22.7 Å². The zero-order chi connectivity index (χ0) is 18.4. The number of carbonyl (C=O) groups excluding carboxylic acids is 3. The van der Waals surface area contributed by atoms with Gasteiger partial charge in [0.05, 0.1) is 12.5 Å². The van der Waals surface area contributed by atoms with Crippen molar-refractivity contribution in [3.8, 4) is 0 Å². The zero-order valence-corrected chi connectivity index (χ0v) is 15.7. The summed E-state index contributed by atoms with van der Waals surface area (Å²) in [5, 5.41) is 0. The number of aldehydes is 1. The summed E-state index contributed by atoms with van der Waals surface area (Å²) < 4.78 is 5.21. The van der Waals surface area contributed by atoms with E-state index in [4.69, 9.17) is 4.74 Å². The van der Waals surface area contributed by atoms with Gasteiger partial charge >= 0.3 is 5.97 Å². The van der Waals surface area contributed by atoms with Gasteiger partial charge in [-0.25, -0.2) is 0 Å². The molecule has 0 aliphatic heterocycles. The second-order valence-electron chi connectivity index (χ2n) is 8.38. The fourth-order valence-electron chi connectivity index (χ4n) is 5.38. The number of hydrogen-bond acceptors (Lipinski definition) is 4. The van der Waals surface area contributed by atoms with Crippen molar-refractivity contribution < 1.29 is 19.1 Å². The van der Waals surface area contributed by atoms with Crippen molar-refractivity contribution in [1.82, 2.24) is 0 Å². The number of ketones is 1. The molecule has 3 aliphatic carbocycles. The number of ether oxygens (including phenoxy) is 1. The number of hydrogen-bond donors (Lipinski definition) is 0. The Morgan fingerprint density at radius 3 is 2.60 bits per heavy atom. The van der Waals surface area contributed by atoms with E-state index >= 15 is 0 Å². The van der Waals surface area contributed by atoms with E-state index in [1.165, 1.54) is 12.7 Å². The summed E-state index contributed by atoms with van der Waals surface area (Å²) in [5.41, 5.74) is 1.97. The first-order valence-corrected chi connectivity index (χ1v) is 9.32. The molecule has 0 saturated heterocycles. The molecule has 0 unspecified atom stereocenters. The fourth-order valence-corrected chi connectivity index (χ4v) is 5.38. The quantitative estimate of drug-likeness (QED) is 0.444. The van der Waals surface area contributed by atoms with E-state index in [0.717, 1.165) is 31.1 Å². The summed E-state index contributed by atoms with van der Waals surface area (Å²) in [7, 11) is 1.46. The summed E-state index contributed by atoms with van der Waals surface area (Å²) in [5.74, 6) is 0.251. The highest BCUT2D eigenvalue weighted by atomic mass is 16.5. The van der Waals surface area contributed by atoms with Gasteiger partial charge in [-0.3, -0.25) is 14.4 Å². The monoisotopic (exact) mass is 344 g/mol. The van der Waals surface area contributed by atoms with E-state index in [1.807, 2.05) is 6.92 Å². The Morgan fingerprint density at radius 2 is 2.00 bits per heavy atom. The van der Waals surface area contributed by atoms with E-state index in [0.29, 0.717) is 30.8 Å². The van der Waals surface area contributed by atoms with Gasteiger partial charge in [-0.1, -0.05) is 26.3 Å². The highest BCUT2D eigenvalue weighted by molar-refractivity contribution is 6.00. The molecule has 0 spiro atoms. The Bertz CT molecular complexity index is 684. The minimum absolute atomic E-state index is 0.0152. The van der Waals surface area contributed by atoms with Crippen LogP contribution < -0.4 is 0 Å². The maximum absolute atomic E-state index is 13.0. The summed E-state index contributed by atoms with van der Waals surface area (Å²) >= 11 is 0. The van der Waals surface area contributed by atoms with Crippen LogP contribution in [0.4, 0.5) is 0 Å². The third-order valence-electron chi connectivity index (χ3n) is 6.90. The Morgan fingerprint density at radius 1 is 1.28 bits per heavy atom. The summed E-state index contributed by atoms with van der Waals surface area (Å²) in [6, 6.07) is 0. The van der Waals surface area contributed by atoms with Crippen molar-refractivity contribution in [2.45, 2.75) is 59.3 Å². The van der Waals surface area contributed by atoms with Crippen molar-refractivity contribution >= 4 is 18.0 Å². The predicted molar refractivity (Wildman–Crippen MR) is 94.8 cm³/mol. The van der Waals surface area contributed by atoms with Gasteiger partial charge in [-0.15, -0.1) is 0 Å². The average molecular weight is 344 g/mol. The Balaban J connectivity index is 2.16. The lowest BCUT2D eigenvalue weighted by Crippen LogP contribution is -2.48. The molecule has 4 heteroatoms. The fraction of sp³-hybridized carbons (Fsp3) is 0.667. The van der Waals surface area contributed by atoms with Gasteiger partial charge in [-0.05, 0) is 67.6 Å². The minimum atomic E-state index is -0.565. The third kappa shape index (κ3) is 2.52. The molecular weight excluding hydrogens is 316 g/mol. The SMILES string of the molecule is COC(=O)[C@]12CCC(C(C)C)=C1[C@H]1CCC(C=O)=CC(=O)[C@]1(C)CC2. The molecular formula is C21H28O4. The van der Waals surface area contributed by atoms with Crippen LogP contribution in [0.5, 0.6) is 0 Å². The van der Waals surface area contributed by atoms with E-state index < -0.39 is 10.8 Å². The lowest BCUT2D eigenvalue weighted by molar-refractivity contribution is -0.154. The second-order valence-corrected chi connectivity index (χ2v) is 8.38. The molecule has 136 valence electrons. The first kappa shape index (κ1) is 18.1. The van der Waals surface area contributed by atoms with E-state index in [1.54, 1.807) is 6.08 Å². The lowest BCUT2D eigenvalue weighted by Gasteiger charge is -2.48. The number of esters is 1. The lowest BCUT2D eigenvalue weighted by atomic mass is 9.54. The molecule has 4 nitrogen and oxygen atoms in total. The summed E-state index contributed by atoms with van der Waals surface area (Å²) in [4.78, 5) is 37.0. The van der Waals surface area contributed by atoms with Crippen LogP contribution in [0.15, 0.2) is 22.8 Å². The minimum Gasteiger partial charge on any atom is -0.468 e. The molecule has 3 rings (SSSR count). The largest absolute Gasteiger partial charge is 0.468 e. The Labute approximate surface area is 149 Å². The van der Waals surface area contributed by atoms with Crippen molar-refractivity contribution in [3.63, 3.8) is 0 Å². The molecule has 0 radical (unpaired) electrons. The van der Waals surface area contributed by atoms with Crippen LogP contribution in [0, 0.1) is 22.7 Å². The standard InChI is InChI=1S/C21H28O4/c1-13(2)15-7-8-21(19(24)25-4)10-9-20(3)16(18(15)21)6-5-14(12-22)11-17(20)23/h11-13,16H,5-10H2,1-4H3/t16-,20-,21+/m1/s1. The first-order chi connectivity index (χ1) is 11.8. The van der Waals surface area contributed by atoms with E-state index in [9.17, 15) is 14.4 Å². The first-order valence-electron chi connectivity index (χ1n) is 9.32. The molecule has 0 bridgehead atoms. The van der Waals surface area contributed by atoms with Gasteiger partial charge in [0.15, 0.2) is 5.78 Å². The number of carbonyl (C=O) groups is 3. The molecule has 0 aromatic carbocycles. The molecule has 3 aliphatic rings. The van der Waals surface area contributed by atoms with Gasteiger partial charge in [0.1, 0.15) is 6.29 Å². The molecule has 0 aromatic rings. The van der Waals surface area contributed by atoms with Crippen LogP contribution in [-0.4, -0.2) is 25.1 Å². The number of fused-ring (bicyclic) bond motifs is 3. The van der Waals surface area contributed by atoms with E-state index in [2.05, 4.69) is 13.8 Å². The van der Waals surface area contributed by atoms with Gasteiger partial charge in [0.2, 0.25) is 0 Å². The average Bonchev–Trinajstić information content (AvgIpc) is 2.94. The molecule has 1 saturated carbocycles. The molecule has 0 heterocycles. The summed E-state index contributed by atoms with van der Waals surface area (Å²) in [6.45, 7) is 6.35.